The summed E-state index contributed by atoms with van der Waals surface area (Å²) < 4.78 is 0. The zero-order chi connectivity index (χ0) is 41.7. The highest BCUT2D eigenvalue weighted by Crippen LogP contribution is 2.41. The van der Waals surface area contributed by atoms with Gasteiger partial charge in [-0.05, 0) is 119 Å². The number of carboxylic acids is 4. The predicted octanol–water partition coefficient (Wildman–Crippen LogP) is 8.83. The van der Waals surface area contributed by atoms with Crippen molar-refractivity contribution in [2.24, 2.45) is 0 Å². The molecule has 0 saturated heterocycles. The zero-order valence-electron chi connectivity index (χ0n) is 31.6. The first-order valence-electron chi connectivity index (χ1n) is 19.1. The minimum atomic E-state index is -1.03. The Bertz CT molecular complexity index is 2420. The van der Waals surface area contributed by atoms with Crippen molar-refractivity contribution in [3.63, 3.8) is 0 Å². The lowest BCUT2D eigenvalue weighted by molar-refractivity contribution is 0.0686. The van der Waals surface area contributed by atoms with Crippen LogP contribution in [0.1, 0.15) is 133 Å². The smallest absolute Gasteiger partial charge is 0.335 e. The number of carboxylic acid groups (broad SMARTS) is 4. The van der Waals surface area contributed by atoms with Gasteiger partial charge in [0.25, 0.3) is 0 Å². The van der Waals surface area contributed by atoms with E-state index in [2.05, 4.69) is 19.9 Å². The lowest BCUT2D eigenvalue weighted by atomic mass is 9.91. The third kappa shape index (κ3) is 6.85. The normalized spacial score (nSPS) is 17.2. The topological polar surface area (TPSA) is 212 Å². The zero-order valence-corrected chi connectivity index (χ0v) is 31.6. The monoisotopic (exact) mass is 796 g/mol. The number of nitrogens with one attached hydrogen (secondary N) is 4. The molecule has 0 radical (unpaired) electrons. The summed E-state index contributed by atoms with van der Waals surface area (Å²) in [5.41, 5.74) is 10.4. The van der Waals surface area contributed by atoms with Crippen LogP contribution in [-0.2, 0) is 0 Å². The minimum absolute atomic E-state index is 0.155. The van der Waals surface area contributed by atoms with E-state index >= 15 is 0 Å². The molecule has 12 heteroatoms. The number of aromatic carboxylic acids is 4. The molecule has 1 aliphatic rings. The van der Waals surface area contributed by atoms with Gasteiger partial charge in [-0.15, -0.1) is 0 Å². The molecule has 4 aromatic heterocycles. The van der Waals surface area contributed by atoms with Gasteiger partial charge in [0.1, 0.15) is 0 Å². The van der Waals surface area contributed by atoms with Gasteiger partial charge >= 0.3 is 23.9 Å². The number of aromatic amines is 4. The Morgan fingerprint density at radius 3 is 0.550 bits per heavy atom. The summed E-state index contributed by atoms with van der Waals surface area (Å²) in [6.07, 6.45) is 0. The third-order valence-corrected chi connectivity index (χ3v) is 11.4. The van der Waals surface area contributed by atoms with Gasteiger partial charge in [-0.2, -0.15) is 0 Å². The first-order chi connectivity index (χ1) is 29.0. The van der Waals surface area contributed by atoms with Crippen molar-refractivity contribution < 1.29 is 39.6 Å². The fourth-order valence-electron chi connectivity index (χ4n) is 8.44. The molecule has 0 aliphatic carbocycles. The highest BCUT2D eigenvalue weighted by molar-refractivity contribution is 5.89. The molecule has 60 heavy (non-hydrogen) atoms. The van der Waals surface area contributed by atoms with Crippen LogP contribution in [0.25, 0.3) is 0 Å². The van der Waals surface area contributed by atoms with Crippen molar-refractivity contribution in [3.05, 3.63) is 236 Å². The first kappa shape index (κ1) is 37.5. The van der Waals surface area contributed by atoms with Gasteiger partial charge in [-0.1, -0.05) is 48.5 Å². The van der Waals surface area contributed by atoms with E-state index in [4.69, 9.17) is 0 Å². The molecule has 0 fully saturated rings. The van der Waals surface area contributed by atoms with E-state index in [-0.39, 0.29) is 22.3 Å². The van der Waals surface area contributed by atoms with Crippen molar-refractivity contribution in [2.45, 2.75) is 23.7 Å². The largest absolute Gasteiger partial charge is 0.478 e. The summed E-state index contributed by atoms with van der Waals surface area (Å²) in [6, 6.07) is 43.0. The Balaban J connectivity index is 1.28. The van der Waals surface area contributed by atoms with Crippen molar-refractivity contribution >= 4 is 23.9 Å². The Kier molecular flexibility index (Phi) is 9.36. The molecule has 9 rings (SSSR count). The molecule has 0 spiro atoms. The van der Waals surface area contributed by atoms with Crippen molar-refractivity contribution in [1.82, 2.24) is 19.9 Å². The SMILES string of the molecule is O=C(O)c1ccc(C2c3ccc([nH]3)C(c3ccc(C(=O)O)cc3)c3ccc([nH]3)C(c3ccc(C(=O)O)cc3)c3ccc([nH]3)C(c3ccc(C(=O)O)cc3)c3ccc2[nH]3)cc1. The maximum atomic E-state index is 11.9. The second-order valence-electron chi connectivity index (χ2n) is 14.9. The number of fused-ring (bicyclic) bond motifs is 8. The number of hydrogen-bond acceptors (Lipinski definition) is 4. The molecule has 8 aromatic rings. The van der Waals surface area contributed by atoms with E-state index in [1.54, 1.807) is 97.1 Å². The maximum absolute atomic E-state index is 11.9. The minimum Gasteiger partial charge on any atom is -0.478 e. The highest BCUT2D eigenvalue weighted by atomic mass is 16.4. The molecule has 4 aromatic carbocycles. The summed E-state index contributed by atoms with van der Waals surface area (Å²) in [5, 5.41) is 38.8. The summed E-state index contributed by atoms with van der Waals surface area (Å²) >= 11 is 0. The molecule has 12 nitrogen and oxygen atoms in total. The Hall–Kier alpha value is -8.12. The van der Waals surface area contributed by atoms with Gasteiger partial charge < -0.3 is 40.4 Å². The van der Waals surface area contributed by atoms with E-state index in [1.807, 2.05) is 48.5 Å². The third-order valence-electron chi connectivity index (χ3n) is 11.4. The molecule has 5 heterocycles. The van der Waals surface area contributed by atoms with Crippen LogP contribution >= 0.6 is 0 Å². The van der Waals surface area contributed by atoms with Gasteiger partial charge in [0, 0.05) is 45.6 Å². The quantitative estimate of drug-likeness (QED) is 0.0742. The number of hydrogen-bond donors (Lipinski definition) is 8. The Morgan fingerprint density at radius 1 is 0.267 bits per heavy atom. The van der Waals surface area contributed by atoms with Crippen LogP contribution in [0.5, 0.6) is 0 Å². The molecular formula is C48H36N4O8. The van der Waals surface area contributed by atoms with Crippen LogP contribution in [0.15, 0.2) is 146 Å². The van der Waals surface area contributed by atoms with E-state index in [9.17, 15) is 39.6 Å². The summed E-state index contributed by atoms with van der Waals surface area (Å²) in [7, 11) is 0. The standard InChI is InChI=1S/C48H36N4O8/c53-45(54)29-9-1-25(2-10-29)41-33-17-19-35(49-33)42(26-3-11-30(12-4-26)46(55)56)37-21-23-39(51-37)44(28-7-15-32(16-8-28)48(59)60)40-24-22-38(52-40)43(36-20-18-34(41)50-36)27-5-13-31(14-6-27)47(57)58/h1-24,41-44,49-52H,(H,53,54)(H,55,56)(H,57,58)(H,59,60). The number of carbonyl (C=O) groups is 4. The molecule has 0 amide bonds. The van der Waals surface area contributed by atoms with Crippen molar-refractivity contribution in [1.29, 1.82) is 0 Å². The highest BCUT2D eigenvalue weighted by Gasteiger charge is 2.30. The van der Waals surface area contributed by atoms with Gasteiger partial charge in [0.2, 0.25) is 0 Å². The average molecular weight is 797 g/mol. The van der Waals surface area contributed by atoms with Crippen LogP contribution in [0.3, 0.4) is 0 Å². The molecule has 1 aliphatic heterocycles. The predicted molar refractivity (Wildman–Crippen MR) is 221 cm³/mol. The summed E-state index contributed by atoms with van der Waals surface area (Å²) in [4.78, 5) is 62.2. The van der Waals surface area contributed by atoms with Crippen molar-refractivity contribution in [2.75, 3.05) is 0 Å². The number of H-pyrrole nitrogens is 4. The van der Waals surface area contributed by atoms with E-state index in [0.29, 0.717) is 0 Å². The van der Waals surface area contributed by atoms with Crippen molar-refractivity contribution in [3.8, 4) is 0 Å². The van der Waals surface area contributed by atoms with Gasteiger partial charge in [-0.25, -0.2) is 19.2 Å². The van der Waals surface area contributed by atoms with Crippen LogP contribution < -0.4 is 0 Å². The molecule has 296 valence electrons. The fraction of sp³-hybridized carbons (Fsp3) is 0.0833. The van der Waals surface area contributed by atoms with E-state index in [0.717, 1.165) is 67.8 Å². The molecule has 8 N–H and O–H groups in total. The van der Waals surface area contributed by atoms with Gasteiger partial charge in [-0.3, -0.25) is 0 Å². The second kappa shape index (κ2) is 15.0. The van der Waals surface area contributed by atoms with Crippen LogP contribution in [-0.4, -0.2) is 64.2 Å². The molecule has 0 unspecified atom stereocenters. The molecule has 0 atom stereocenters. The van der Waals surface area contributed by atoms with Crippen LogP contribution in [0, 0.1) is 0 Å². The second-order valence-corrected chi connectivity index (χ2v) is 14.9. The summed E-state index contributed by atoms with van der Waals surface area (Å²) in [5.74, 6) is -5.79. The molecule has 8 bridgehead atoms. The Labute approximate surface area is 341 Å². The molecule has 0 saturated carbocycles. The lowest BCUT2D eigenvalue weighted by Crippen LogP contribution is -2.11. The van der Waals surface area contributed by atoms with Crippen LogP contribution in [0.2, 0.25) is 0 Å². The van der Waals surface area contributed by atoms with Gasteiger partial charge in [0.05, 0.1) is 45.9 Å². The fourth-order valence-corrected chi connectivity index (χ4v) is 8.44. The van der Waals surface area contributed by atoms with E-state index in [1.165, 1.54) is 0 Å². The molecular weight excluding hydrogens is 761 g/mol. The average Bonchev–Trinajstić information content (AvgIpc) is 4.10. The first-order valence-corrected chi connectivity index (χ1v) is 19.1. The number of benzene rings is 4. The number of aromatic nitrogens is 4. The van der Waals surface area contributed by atoms with Crippen LogP contribution in [0.4, 0.5) is 0 Å². The lowest BCUT2D eigenvalue weighted by Gasteiger charge is -2.21. The van der Waals surface area contributed by atoms with Gasteiger partial charge in [0.15, 0.2) is 0 Å². The maximum Gasteiger partial charge on any atom is 0.335 e. The number of rotatable bonds is 8. The summed E-state index contributed by atoms with van der Waals surface area (Å²) in [6.45, 7) is 0. The van der Waals surface area contributed by atoms with E-state index < -0.39 is 47.5 Å². The Morgan fingerprint density at radius 2 is 0.417 bits per heavy atom.